The number of nitrogens with zero attached hydrogens (tertiary/aromatic N) is 2. The number of sulfonamides is 1. The molecule has 19 heavy (non-hydrogen) atoms. The van der Waals surface area contributed by atoms with E-state index >= 15 is 0 Å². The molecule has 0 atom stereocenters. The second kappa shape index (κ2) is 4.52. The van der Waals surface area contributed by atoms with Crippen LogP contribution in [0, 0.1) is 6.92 Å². The molecule has 0 aliphatic rings. The maximum absolute atomic E-state index is 12.0. The lowest BCUT2D eigenvalue weighted by Gasteiger charge is -2.04. The van der Waals surface area contributed by atoms with Gasteiger partial charge in [0.2, 0.25) is 10.0 Å². The number of aromatic nitrogens is 3. The highest BCUT2D eigenvalue weighted by Gasteiger charge is 2.18. The topological polar surface area (TPSA) is 123 Å². The summed E-state index contributed by atoms with van der Waals surface area (Å²) in [6.07, 6.45) is 2.85. The summed E-state index contributed by atoms with van der Waals surface area (Å²) in [4.78, 5) is 11.9. The molecule has 4 N–H and O–H groups in total. The largest absolute Gasteiger partial charge is 0.345 e. The van der Waals surface area contributed by atoms with Crippen molar-refractivity contribution in [3.8, 4) is 0 Å². The molecule has 8 nitrogen and oxygen atoms in total. The van der Waals surface area contributed by atoms with E-state index in [4.69, 9.17) is 5.14 Å². The first kappa shape index (κ1) is 13.3. The number of hydrogen-bond acceptors (Lipinski definition) is 4. The Morgan fingerprint density at radius 1 is 1.53 bits per heavy atom. The van der Waals surface area contributed by atoms with Gasteiger partial charge in [0.05, 0.1) is 6.20 Å². The molecule has 0 unspecified atom stereocenters. The van der Waals surface area contributed by atoms with E-state index in [1.807, 2.05) is 0 Å². The fourth-order valence-electron chi connectivity index (χ4n) is 1.57. The quantitative estimate of drug-likeness (QED) is 0.731. The van der Waals surface area contributed by atoms with Crippen molar-refractivity contribution in [3.05, 3.63) is 29.7 Å². The summed E-state index contributed by atoms with van der Waals surface area (Å²) >= 11 is 0. The van der Waals surface area contributed by atoms with Crippen LogP contribution in [-0.2, 0) is 17.1 Å². The van der Waals surface area contributed by atoms with Crippen molar-refractivity contribution in [3.63, 3.8) is 0 Å². The summed E-state index contributed by atoms with van der Waals surface area (Å²) in [5, 5.41) is 14.0. The van der Waals surface area contributed by atoms with E-state index in [1.165, 1.54) is 16.8 Å². The van der Waals surface area contributed by atoms with Crippen molar-refractivity contribution in [2.75, 3.05) is 5.32 Å². The Bertz CT molecular complexity index is 728. The summed E-state index contributed by atoms with van der Waals surface area (Å²) in [7, 11) is -2.27. The lowest BCUT2D eigenvalue weighted by Crippen LogP contribution is -2.16. The smallest absolute Gasteiger partial charge is 0.273 e. The minimum absolute atomic E-state index is 0.110. The third kappa shape index (κ3) is 2.66. The van der Waals surface area contributed by atoms with Gasteiger partial charge in [0.1, 0.15) is 16.4 Å². The molecule has 0 aliphatic heterocycles. The number of nitrogens with one attached hydrogen (secondary N) is 2. The molecule has 0 saturated carbocycles. The van der Waals surface area contributed by atoms with Gasteiger partial charge < -0.3 is 9.88 Å². The summed E-state index contributed by atoms with van der Waals surface area (Å²) in [6, 6.07) is 1.22. The normalized spacial score (nSPS) is 11.5. The Labute approximate surface area is 109 Å². The molecule has 2 rings (SSSR count). The number of carbonyl (C=O) groups excluding carboxylic acids is 1. The maximum atomic E-state index is 12.0. The zero-order chi connectivity index (χ0) is 14.2. The molecule has 0 radical (unpaired) electrons. The Kier molecular flexibility index (Phi) is 3.16. The first-order chi connectivity index (χ1) is 8.79. The Morgan fingerprint density at radius 2 is 2.21 bits per heavy atom. The average Bonchev–Trinajstić information content (AvgIpc) is 2.85. The van der Waals surface area contributed by atoms with Crippen LogP contribution in [0.1, 0.15) is 16.1 Å². The second-order valence-electron chi connectivity index (χ2n) is 4.10. The molecular formula is C10H13N5O3S. The van der Waals surface area contributed by atoms with E-state index in [0.29, 0.717) is 5.82 Å². The zero-order valence-electron chi connectivity index (χ0n) is 10.3. The van der Waals surface area contributed by atoms with E-state index < -0.39 is 15.9 Å². The van der Waals surface area contributed by atoms with Gasteiger partial charge in [0.15, 0.2) is 0 Å². The van der Waals surface area contributed by atoms with E-state index in [-0.39, 0.29) is 10.6 Å². The van der Waals surface area contributed by atoms with E-state index in [9.17, 15) is 13.2 Å². The molecule has 1 amide bonds. The van der Waals surface area contributed by atoms with Crippen molar-refractivity contribution < 1.29 is 13.2 Å². The number of aryl methyl sites for hydroxylation is 2. The van der Waals surface area contributed by atoms with Crippen molar-refractivity contribution in [1.82, 2.24) is 14.8 Å². The van der Waals surface area contributed by atoms with Gasteiger partial charge in [-0.05, 0) is 13.0 Å². The Morgan fingerprint density at radius 3 is 2.68 bits per heavy atom. The van der Waals surface area contributed by atoms with Crippen LogP contribution < -0.4 is 10.5 Å². The molecule has 0 bridgehead atoms. The predicted molar refractivity (Wildman–Crippen MR) is 68.1 cm³/mol. The van der Waals surface area contributed by atoms with E-state index in [1.54, 1.807) is 20.2 Å². The van der Waals surface area contributed by atoms with Gasteiger partial charge in [-0.15, -0.1) is 0 Å². The molecule has 102 valence electrons. The highest BCUT2D eigenvalue weighted by atomic mass is 32.2. The Balaban J connectivity index is 2.30. The minimum Gasteiger partial charge on any atom is -0.345 e. The highest BCUT2D eigenvalue weighted by Crippen LogP contribution is 2.15. The number of primary sulfonamides is 1. The second-order valence-corrected chi connectivity index (χ2v) is 5.66. The van der Waals surface area contributed by atoms with Crippen LogP contribution in [0.15, 0.2) is 23.4 Å². The fourth-order valence-corrected chi connectivity index (χ4v) is 2.15. The van der Waals surface area contributed by atoms with Gasteiger partial charge in [-0.25, -0.2) is 13.6 Å². The maximum Gasteiger partial charge on any atom is 0.273 e. The summed E-state index contributed by atoms with van der Waals surface area (Å²) < 4.78 is 23.8. The Hall–Kier alpha value is -2.13. The predicted octanol–water partition coefficient (Wildman–Crippen LogP) is -0.0437. The van der Waals surface area contributed by atoms with Gasteiger partial charge in [0.25, 0.3) is 5.91 Å². The van der Waals surface area contributed by atoms with Gasteiger partial charge in [0, 0.05) is 18.8 Å². The van der Waals surface area contributed by atoms with Gasteiger partial charge in [-0.3, -0.25) is 9.89 Å². The highest BCUT2D eigenvalue weighted by molar-refractivity contribution is 7.89. The molecular weight excluding hydrogens is 270 g/mol. The van der Waals surface area contributed by atoms with Crippen LogP contribution in [0.5, 0.6) is 0 Å². The first-order valence-electron chi connectivity index (χ1n) is 5.29. The number of hydrogen-bond donors (Lipinski definition) is 3. The molecule has 9 heteroatoms. The van der Waals surface area contributed by atoms with E-state index in [0.717, 1.165) is 5.56 Å². The van der Waals surface area contributed by atoms with Gasteiger partial charge in [-0.2, -0.15) is 5.10 Å². The SMILES string of the molecule is Cc1cn[nH]c1NC(=O)c1cc(S(N)(=O)=O)cn1C. The lowest BCUT2D eigenvalue weighted by atomic mass is 10.3. The molecule has 0 aromatic carbocycles. The summed E-state index contributed by atoms with van der Waals surface area (Å²) in [5.41, 5.74) is 0.951. The zero-order valence-corrected chi connectivity index (χ0v) is 11.2. The minimum atomic E-state index is -3.83. The van der Waals surface area contributed by atoms with Crippen molar-refractivity contribution in [1.29, 1.82) is 0 Å². The van der Waals surface area contributed by atoms with Crippen LogP contribution in [0.4, 0.5) is 5.82 Å². The number of carbonyl (C=O) groups is 1. The van der Waals surface area contributed by atoms with E-state index in [2.05, 4.69) is 15.5 Å². The number of aromatic amines is 1. The molecule has 2 aromatic rings. The molecule has 0 spiro atoms. The first-order valence-corrected chi connectivity index (χ1v) is 6.84. The average molecular weight is 283 g/mol. The molecule has 0 aliphatic carbocycles. The summed E-state index contributed by atoms with van der Waals surface area (Å²) in [6.45, 7) is 1.78. The van der Waals surface area contributed by atoms with Crippen LogP contribution in [0.2, 0.25) is 0 Å². The molecule has 2 aromatic heterocycles. The van der Waals surface area contributed by atoms with Crippen molar-refractivity contribution >= 4 is 21.7 Å². The molecule has 0 fully saturated rings. The van der Waals surface area contributed by atoms with Crippen molar-refractivity contribution in [2.45, 2.75) is 11.8 Å². The lowest BCUT2D eigenvalue weighted by molar-refractivity contribution is 0.101. The number of nitrogens with two attached hydrogens (primary N) is 1. The third-order valence-corrected chi connectivity index (χ3v) is 3.49. The van der Waals surface area contributed by atoms with Crippen molar-refractivity contribution in [2.24, 2.45) is 12.2 Å². The van der Waals surface area contributed by atoms with Crippen LogP contribution in [0.3, 0.4) is 0 Å². The monoisotopic (exact) mass is 283 g/mol. The van der Waals surface area contributed by atoms with Crippen LogP contribution in [-0.4, -0.2) is 29.1 Å². The third-order valence-electron chi connectivity index (χ3n) is 2.61. The van der Waals surface area contributed by atoms with Crippen LogP contribution in [0.25, 0.3) is 0 Å². The standard InChI is InChI=1S/C10H13N5O3S/c1-6-4-12-14-9(6)13-10(16)8-3-7(5-15(8)2)19(11,17)18/h3-5H,1-2H3,(H2,11,17,18)(H2,12,13,14,16). The van der Waals surface area contributed by atoms with Crippen LogP contribution >= 0.6 is 0 Å². The van der Waals surface area contributed by atoms with Gasteiger partial charge in [-0.1, -0.05) is 0 Å². The number of amides is 1. The molecule has 2 heterocycles. The fraction of sp³-hybridized carbons (Fsp3) is 0.200. The number of anilines is 1. The molecule has 0 saturated heterocycles. The number of H-pyrrole nitrogens is 1. The number of rotatable bonds is 3. The van der Waals surface area contributed by atoms with Gasteiger partial charge >= 0.3 is 0 Å². The summed E-state index contributed by atoms with van der Waals surface area (Å²) in [5.74, 6) is 0.00751.